The standard InChI is InChI=1S/C59H61BN3/c1-34-18-19-35(25-41(34)48-17-15-16-24-61(48)14)36-26-51-53-52(27-36)63-50-23-21-38(57(5,6)7)29-43(50)45-31-40(59(11,12)13)33-47(55(45)63)60(53)46-32-39(58(8,9)10)30-44-42-28-37(56(2,3)4)20-22-49(42)62(51)54(44)46/h15-33H,1-14H3/q+1. The highest BCUT2D eigenvalue weighted by atomic mass is 15.0. The van der Waals surface area contributed by atoms with Gasteiger partial charge in [-0.15, -0.1) is 0 Å². The van der Waals surface area contributed by atoms with Crippen LogP contribution in [0.4, 0.5) is 0 Å². The van der Waals surface area contributed by atoms with E-state index in [2.05, 4.69) is 226 Å². The summed E-state index contributed by atoms with van der Waals surface area (Å²) in [7, 11) is 2.15. The Morgan fingerprint density at radius 1 is 0.460 bits per heavy atom. The maximum absolute atomic E-state index is 2.66. The lowest BCUT2D eigenvalue weighted by Gasteiger charge is -2.36. The average Bonchev–Trinajstić information content (AvgIpc) is 3.73. The molecule has 0 bridgehead atoms. The molecule has 0 amide bonds. The minimum Gasteiger partial charge on any atom is -0.310 e. The van der Waals surface area contributed by atoms with Crippen molar-refractivity contribution in [1.29, 1.82) is 0 Å². The molecule has 0 fully saturated rings. The molecule has 0 saturated heterocycles. The third kappa shape index (κ3) is 5.82. The summed E-state index contributed by atoms with van der Waals surface area (Å²) in [5.74, 6) is 0. The van der Waals surface area contributed by atoms with Gasteiger partial charge in [-0.25, -0.2) is 4.57 Å². The monoisotopic (exact) mass is 822 g/mol. The largest absolute Gasteiger partial charge is 0.310 e. The lowest BCUT2D eigenvalue weighted by Crippen LogP contribution is -2.59. The fourth-order valence-corrected chi connectivity index (χ4v) is 10.9. The Morgan fingerprint density at radius 3 is 1.40 bits per heavy atom. The summed E-state index contributed by atoms with van der Waals surface area (Å²) < 4.78 is 7.55. The van der Waals surface area contributed by atoms with E-state index in [4.69, 9.17) is 0 Å². The molecule has 2 aliphatic heterocycles. The average molecular weight is 823 g/mol. The zero-order valence-corrected chi connectivity index (χ0v) is 39.9. The van der Waals surface area contributed by atoms with Gasteiger partial charge in [0, 0.05) is 61.6 Å². The molecule has 11 rings (SSSR count). The SMILES string of the molecule is Cc1ccc(-c2cc3c4c(c2)-n2c5ccc(C(C)(C)C)cc5c5cc(C(C)(C)C)cc(c52)B4c2cc(C(C)(C)C)cc4c5cc(C(C)(C)C)ccc5n-3c24)cc1-c1cccc[n+]1C. The fourth-order valence-electron chi connectivity index (χ4n) is 10.9. The van der Waals surface area contributed by atoms with Crippen molar-refractivity contribution in [3.63, 3.8) is 0 Å². The number of aryl methyl sites for hydroxylation is 2. The molecule has 2 aliphatic rings. The van der Waals surface area contributed by atoms with Gasteiger partial charge >= 0.3 is 0 Å². The van der Waals surface area contributed by atoms with Crippen LogP contribution in [0.25, 0.3) is 77.4 Å². The number of fused-ring (bicyclic) bond motifs is 10. The number of rotatable bonds is 2. The van der Waals surface area contributed by atoms with Crippen LogP contribution in [-0.4, -0.2) is 15.8 Å². The molecule has 0 N–H and O–H groups in total. The number of hydrogen-bond donors (Lipinski definition) is 0. The lowest BCUT2D eigenvalue weighted by molar-refractivity contribution is -0.660. The van der Waals surface area contributed by atoms with Gasteiger partial charge in [-0.1, -0.05) is 119 Å². The fraction of sp³-hybridized carbons (Fsp3) is 0.305. The van der Waals surface area contributed by atoms with E-state index in [-0.39, 0.29) is 28.4 Å². The summed E-state index contributed by atoms with van der Waals surface area (Å²) in [5, 5.41) is 5.39. The Hall–Kier alpha value is -5.87. The highest BCUT2D eigenvalue weighted by Gasteiger charge is 2.43. The number of pyridine rings is 1. The van der Waals surface area contributed by atoms with Crippen molar-refractivity contribution in [3.05, 3.63) is 143 Å². The molecule has 63 heavy (non-hydrogen) atoms. The summed E-state index contributed by atoms with van der Waals surface area (Å²) in [6.07, 6.45) is 2.15. The second-order valence-electron chi connectivity index (χ2n) is 23.1. The van der Waals surface area contributed by atoms with Crippen molar-refractivity contribution in [2.24, 2.45) is 7.05 Å². The topological polar surface area (TPSA) is 13.7 Å². The Labute approximate surface area is 374 Å². The zero-order valence-electron chi connectivity index (χ0n) is 39.9. The van der Waals surface area contributed by atoms with E-state index in [0.29, 0.717) is 0 Å². The lowest BCUT2D eigenvalue weighted by atomic mass is 9.34. The van der Waals surface area contributed by atoms with Gasteiger partial charge in [-0.05, 0) is 145 Å². The molecule has 0 spiro atoms. The van der Waals surface area contributed by atoms with Gasteiger partial charge in [0.05, 0.1) is 11.0 Å². The van der Waals surface area contributed by atoms with Crippen LogP contribution in [0.15, 0.2) is 115 Å². The van der Waals surface area contributed by atoms with Crippen molar-refractivity contribution in [2.75, 3.05) is 0 Å². The molecule has 3 aromatic heterocycles. The quantitative estimate of drug-likeness (QED) is 0.122. The molecule has 5 heterocycles. The van der Waals surface area contributed by atoms with Crippen LogP contribution in [0.1, 0.15) is 111 Å². The molecule has 0 aliphatic carbocycles. The highest BCUT2D eigenvalue weighted by molar-refractivity contribution is 7.00. The van der Waals surface area contributed by atoms with E-state index in [0.717, 1.165) is 0 Å². The van der Waals surface area contributed by atoms with Crippen LogP contribution in [0, 0.1) is 6.92 Å². The van der Waals surface area contributed by atoms with Crippen molar-refractivity contribution in [2.45, 2.75) is 112 Å². The number of benzene rings is 6. The van der Waals surface area contributed by atoms with Crippen molar-refractivity contribution in [1.82, 2.24) is 9.13 Å². The van der Waals surface area contributed by atoms with E-state index in [1.807, 2.05) is 0 Å². The van der Waals surface area contributed by atoms with Crippen LogP contribution < -0.4 is 21.0 Å². The van der Waals surface area contributed by atoms with Gasteiger partial charge in [-0.3, -0.25) is 0 Å². The first kappa shape index (κ1) is 39.9. The summed E-state index contributed by atoms with van der Waals surface area (Å²) in [6, 6.07) is 43.5. The van der Waals surface area contributed by atoms with Gasteiger partial charge in [0.1, 0.15) is 7.05 Å². The van der Waals surface area contributed by atoms with Crippen LogP contribution in [-0.2, 0) is 28.7 Å². The molecule has 6 aromatic carbocycles. The maximum atomic E-state index is 2.66. The third-order valence-corrected chi connectivity index (χ3v) is 14.7. The Morgan fingerprint density at radius 2 is 0.937 bits per heavy atom. The van der Waals surface area contributed by atoms with Gasteiger partial charge in [0.15, 0.2) is 6.20 Å². The summed E-state index contributed by atoms with van der Waals surface area (Å²) in [4.78, 5) is 0. The van der Waals surface area contributed by atoms with Gasteiger partial charge in [0.2, 0.25) is 5.69 Å². The minimum atomic E-state index is -0.0399. The summed E-state index contributed by atoms with van der Waals surface area (Å²) in [6.45, 7) is 30.6. The van der Waals surface area contributed by atoms with E-state index in [1.165, 1.54) is 122 Å². The summed E-state index contributed by atoms with van der Waals surface area (Å²) >= 11 is 0. The Kier molecular flexibility index (Phi) is 8.16. The molecule has 4 heteroatoms. The maximum Gasteiger partial charge on any atom is 0.252 e. The van der Waals surface area contributed by atoms with Crippen LogP contribution in [0.3, 0.4) is 0 Å². The molecule has 0 unspecified atom stereocenters. The van der Waals surface area contributed by atoms with Crippen LogP contribution >= 0.6 is 0 Å². The predicted molar refractivity (Wildman–Crippen MR) is 271 cm³/mol. The number of hydrogen-bond acceptors (Lipinski definition) is 0. The smallest absolute Gasteiger partial charge is 0.252 e. The molecule has 0 saturated carbocycles. The van der Waals surface area contributed by atoms with E-state index in [9.17, 15) is 0 Å². The molecule has 9 aromatic rings. The minimum absolute atomic E-state index is 0.0198. The third-order valence-electron chi connectivity index (χ3n) is 14.7. The zero-order chi connectivity index (χ0) is 44.4. The molecule has 3 nitrogen and oxygen atoms in total. The second kappa shape index (κ2) is 12.9. The van der Waals surface area contributed by atoms with Gasteiger partial charge in [0.25, 0.3) is 6.71 Å². The van der Waals surface area contributed by atoms with E-state index < -0.39 is 0 Å². The Balaban J connectivity index is 1.35. The van der Waals surface area contributed by atoms with Crippen LogP contribution in [0.5, 0.6) is 0 Å². The Bertz CT molecular complexity index is 3270. The van der Waals surface area contributed by atoms with Gasteiger partial charge < -0.3 is 9.13 Å². The normalized spacial score (nSPS) is 13.8. The van der Waals surface area contributed by atoms with Crippen molar-refractivity contribution >= 4 is 66.7 Å². The molecule has 0 atom stereocenters. The number of aromatic nitrogens is 3. The molecule has 0 radical (unpaired) electrons. The van der Waals surface area contributed by atoms with Gasteiger partial charge in [-0.2, -0.15) is 0 Å². The van der Waals surface area contributed by atoms with E-state index in [1.54, 1.807) is 0 Å². The predicted octanol–water partition coefficient (Wildman–Crippen LogP) is 12.7. The van der Waals surface area contributed by atoms with Crippen molar-refractivity contribution < 1.29 is 4.57 Å². The molecule has 314 valence electrons. The summed E-state index contributed by atoms with van der Waals surface area (Å²) in [5.41, 5.74) is 23.7. The first-order valence-electron chi connectivity index (χ1n) is 23.1. The first-order chi connectivity index (χ1) is 29.6. The van der Waals surface area contributed by atoms with Crippen LogP contribution in [0.2, 0.25) is 0 Å². The second-order valence-corrected chi connectivity index (χ2v) is 23.1. The molecular weight excluding hydrogens is 761 g/mol. The first-order valence-corrected chi connectivity index (χ1v) is 23.1. The molecular formula is C59H61BN3+. The highest BCUT2D eigenvalue weighted by Crippen LogP contribution is 2.44. The van der Waals surface area contributed by atoms with Crippen molar-refractivity contribution in [3.8, 4) is 33.8 Å². The van der Waals surface area contributed by atoms with E-state index >= 15 is 0 Å². The number of nitrogens with zero attached hydrogens (tertiary/aromatic N) is 3.